The lowest BCUT2D eigenvalue weighted by molar-refractivity contribution is 0.491. The molecule has 0 unspecified atom stereocenters. The van der Waals surface area contributed by atoms with Gasteiger partial charge in [-0.3, -0.25) is 4.99 Å². The molecule has 0 aromatic carbocycles. The van der Waals surface area contributed by atoms with Crippen molar-refractivity contribution in [3.05, 3.63) is 18.2 Å². The molecule has 0 saturated carbocycles. The predicted molar refractivity (Wildman–Crippen MR) is 95.6 cm³/mol. The first-order valence-corrected chi connectivity index (χ1v) is 6.80. The number of nitrogens with zero attached hydrogens (tertiary/aromatic N) is 3. The van der Waals surface area contributed by atoms with Crippen molar-refractivity contribution in [1.29, 1.82) is 0 Å². The fourth-order valence-corrected chi connectivity index (χ4v) is 1.76. The molecule has 0 aliphatic heterocycles. The Labute approximate surface area is 139 Å². The minimum absolute atomic E-state index is 0. The van der Waals surface area contributed by atoms with Gasteiger partial charge in [0.25, 0.3) is 0 Å². The Morgan fingerprint density at radius 3 is 2.55 bits per heavy atom. The number of aliphatic imine (C=N–C) groups is 1. The largest absolute Gasteiger partial charge is 0.352 e. The van der Waals surface area contributed by atoms with Crippen molar-refractivity contribution < 1.29 is 0 Å². The lowest BCUT2D eigenvalue weighted by Gasteiger charge is -2.23. The van der Waals surface area contributed by atoms with E-state index in [9.17, 15) is 0 Å². The van der Waals surface area contributed by atoms with Crippen LogP contribution < -0.4 is 10.6 Å². The Morgan fingerprint density at radius 2 is 2.05 bits per heavy atom. The maximum Gasteiger partial charge on any atom is 0.191 e. The minimum atomic E-state index is -0.00476. The molecule has 0 aliphatic rings. The average molecular weight is 393 g/mol. The van der Waals surface area contributed by atoms with Gasteiger partial charge in [0.15, 0.2) is 5.96 Å². The van der Waals surface area contributed by atoms with Crippen LogP contribution in [0.3, 0.4) is 0 Å². The van der Waals surface area contributed by atoms with E-state index < -0.39 is 0 Å². The maximum atomic E-state index is 4.39. The molecule has 5 nitrogen and oxygen atoms in total. The number of hydrogen-bond donors (Lipinski definition) is 2. The van der Waals surface area contributed by atoms with Crippen LogP contribution in [-0.4, -0.2) is 28.1 Å². The van der Waals surface area contributed by atoms with E-state index in [0.29, 0.717) is 12.5 Å². The van der Waals surface area contributed by atoms with E-state index in [1.807, 2.05) is 12.4 Å². The summed E-state index contributed by atoms with van der Waals surface area (Å²) < 4.78 is 2.18. The Hall–Kier alpha value is -0.790. The normalized spacial score (nSPS) is 12.2. The van der Waals surface area contributed by atoms with Crippen LogP contribution in [0.2, 0.25) is 0 Å². The number of hydrogen-bond acceptors (Lipinski definition) is 2. The standard InChI is InChI=1S/C14H27N5.HI/c1-11(2)10-19-8-7-16-12(19)9-17-13(15-6)18-14(3,4)5;/h7-8,11H,9-10H2,1-6H3,(H2,15,17,18);1H. The summed E-state index contributed by atoms with van der Waals surface area (Å²) in [5, 5.41) is 6.63. The first-order chi connectivity index (χ1) is 8.81. The molecule has 0 fully saturated rings. The van der Waals surface area contributed by atoms with E-state index in [1.165, 1.54) is 0 Å². The number of imidazole rings is 1. The van der Waals surface area contributed by atoms with Crippen molar-refractivity contribution in [1.82, 2.24) is 20.2 Å². The highest BCUT2D eigenvalue weighted by atomic mass is 127. The zero-order valence-electron chi connectivity index (χ0n) is 13.4. The lowest BCUT2D eigenvalue weighted by atomic mass is 10.1. The molecule has 1 heterocycles. The van der Waals surface area contributed by atoms with Crippen LogP contribution in [0.1, 0.15) is 40.4 Å². The summed E-state index contributed by atoms with van der Waals surface area (Å²) in [7, 11) is 1.78. The van der Waals surface area contributed by atoms with Crippen molar-refractivity contribution in [3.63, 3.8) is 0 Å². The second kappa shape index (κ2) is 8.49. The summed E-state index contributed by atoms with van der Waals surface area (Å²) in [5.74, 6) is 2.44. The van der Waals surface area contributed by atoms with Gasteiger partial charge in [-0.25, -0.2) is 4.98 Å². The third kappa shape index (κ3) is 7.12. The van der Waals surface area contributed by atoms with Gasteiger partial charge in [-0.05, 0) is 26.7 Å². The van der Waals surface area contributed by atoms with Gasteiger partial charge in [0.1, 0.15) is 5.82 Å². The van der Waals surface area contributed by atoms with E-state index in [2.05, 4.69) is 59.8 Å². The first-order valence-electron chi connectivity index (χ1n) is 6.80. The summed E-state index contributed by atoms with van der Waals surface area (Å²) in [5.41, 5.74) is -0.00476. The molecule has 1 aromatic heterocycles. The fourth-order valence-electron chi connectivity index (χ4n) is 1.76. The van der Waals surface area contributed by atoms with E-state index in [0.717, 1.165) is 18.3 Å². The highest BCUT2D eigenvalue weighted by molar-refractivity contribution is 14.0. The summed E-state index contributed by atoms with van der Waals surface area (Å²) in [4.78, 5) is 8.61. The maximum absolute atomic E-state index is 4.39. The van der Waals surface area contributed by atoms with Crippen LogP contribution in [0.15, 0.2) is 17.4 Å². The molecule has 1 rings (SSSR count). The molecule has 0 spiro atoms. The monoisotopic (exact) mass is 393 g/mol. The summed E-state index contributed by atoms with van der Waals surface area (Å²) in [6, 6.07) is 0. The number of rotatable bonds is 4. The van der Waals surface area contributed by atoms with E-state index in [-0.39, 0.29) is 29.5 Å². The van der Waals surface area contributed by atoms with Gasteiger partial charge in [0.2, 0.25) is 0 Å². The highest BCUT2D eigenvalue weighted by Gasteiger charge is 2.12. The third-order valence-corrected chi connectivity index (χ3v) is 2.49. The number of aromatic nitrogens is 2. The Morgan fingerprint density at radius 1 is 1.40 bits per heavy atom. The van der Waals surface area contributed by atoms with Crippen molar-refractivity contribution in [2.24, 2.45) is 10.9 Å². The lowest BCUT2D eigenvalue weighted by Crippen LogP contribution is -2.47. The van der Waals surface area contributed by atoms with Crippen molar-refractivity contribution >= 4 is 29.9 Å². The van der Waals surface area contributed by atoms with E-state index in [1.54, 1.807) is 7.05 Å². The van der Waals surface area contributed by atoms with Gasteiger partial charge in [-0.2, -0.15) is 0 Å². The van der Waals surface area contributed by atoms with Gasteiger partial charge in [0, 0.05) is 31.5 Å². The Kier molecular flexibility index (Phi) is 8.15. The van der Waals surface area contributed by atoms with Crippen LogP contribution >= 0.6 is 24.0 Å². The van der Waals surface area contributed by atoms with Crippen molar-refractivity contribution in [2.75, 3.05) is 7.05 Å². The smallest absolute Gasteiger partial charge is 0.191 e. The molecular formula is C14H28IN5. The van der Waals surface area contributed by atoms with Gasteiger partial charge < -0.3 is 15.2 Å². The van der Waals surface area contributed by atoms with Gasteiger partial charge in [-0.1, -0.05) is 13.8 Å². The molecule has 0 aliphatic carbocycles. The molecular weight excluding hydrogens is 365 g/mol. The molecule has 0 amide bonds. The molecule has 2 N–H and O–H groups in total. The molecule has 0 saturated heterocycles. The second-order valence-corrected chi connectivity index (χ2v) is 6.19. The summed E-state index contributed by atoms with van der Waals surface area (Å²) in [6.07, 6.45) is 3.87. The molecule has 6 heteroatoms. The molecule has 1 aromatic rings. The van der Waals surface area contributed by atoms with Crippen LogP contribution in [0, 0.1) is 5.92 Å². The zero-order chi connectivity index (χ0) is 14.5. The van der Waals surface area contributed by atoms with Gasteiger partial charge in [-0.15, -0.1) is 24.0 Å². The van der Waals surface area contributed by atoms with Crippen molar-refractivity contribution in [3.8, 4) is 0 Å². The molecule has 0 radical (unpaired) electrons. The Balaban J connectivity index is 0.00000361. The molecule has 20 heavy (non-hydrogen) atoms. The molecule has 0 bridgehead atoms. The van der Waals surface area contributed by atoms with Gasteiger partial charge >= 0.3 is 0 Å². The van der Waals surface area contributed by atoms with Gasteiger partial charge in [0.05, 0.1) is 6.54 Å². The van der Waals surface area contributed by atoms with Crippen molar-refractivity contribution in [2.45, 2.75) is 53.2 Å². The Bertz CT molecular complexity index is 417. The average Bonchev–Trinajstić information content (AvgIpc) is 2.69. The number of guanidine groups is 1. The fraction of sp³-hybridized carbons (Fsp3) is 0.714. The first kappa shape index (κ1) is 19.2. The van der Waals surface area contributed by atoms with Crippen LogP contribution in [-0.2, 0) is 13.1 Å². The van der Waals surface area contributed by atoms with Crippen LogP contribution in [0.25, 0.3) is 0 Å². The predicted octanol–water partition coefficient (Wildman–Crippen LogP) is 2.62. The van der Waals surface area contributed by atoms with Crippen LogP contribution in [0.4, 0.5) is 0 Å². The highest BCUT2D eigenvalue weighted by Crippen LogP contribution is 2.04. The second-order valence-electron chi connectivity index (χ2n) is 6.19. The molecule has 116 valence electrons. The van der Waals surface area contributed by atoms with E-state index >= 15 is 0 Å². The van der Waals surface area contributed by atoms with E-state index in [4.69, 9.17) is 0 Å². The summed E-state index contributed by atoms with van der Waals surface area (Å²) in [6.45, 7) is 12.4. The SMILES string of the molecule is CN=C(NCc1nccn1CC(C)C)NC(C)(C)C.I. The number of halogens is 1. The quantitative estimate of drug-likeness (QED) is 0.470. The number of nitrogens with one attached hydrogen (secondary N) is 2. The topological polar surface area (TPSA) is 54.2 Å². The zero-order valence-corrected chi connectivity index (χ0v) is 15.7. The summed E-state index contributed by atoms with van der Waals surface area (Å²) >= 11 is 0. The third-order valence-electron chi connectivity index (χ3n) is 2.49. The van der Waals surface area contributed by atoms with Crippen LogP contribution in [0.5, 0.6) is 0 Å². The minimum Gasteiger partial charge on any atom is -0.352 e. The molecule has 0 atom stereocenters.